The molecule has 21 heavy (non-hydrogen) atoms. The van der Waals surface area contributed by atoms with E-state index >= 15 is 0 Å². The molecule has 0 spiro atoms. The van der Waals surface area contributed by atoms with Gasteiger partial charge in [-0.3, -0.25) is 4.79 Å². The summed E-state index contributed by atoms with van der Waals surface area (Å²) in [6.45, 7) is 5.15. The van der Waals surface area contributed by atoms with Gasteiger partial charge in [-0.05, 0) is 19.1 Å². The van der Waals surface area contributed by atoms with Gasteiger partial charge in [-0.2, -0.15) is 0 Å². The minimum atomic E-state index is -0.106. The molecule has 0 atom stereocenters. The zero-order chi connectivity index (χ0) is 14.8. The molecule has 1 N–H and O–H groups in total. The van der Waals surface area contributed by atoms with Crippen LogP contribution in [0.15, 0.2) is 35.1 Å². The lowest BCUT2D eigenvalue weighted by Crippen LogP contribution is -2.47. The molecule has 1 aromatic carbocycles. The number of aryl methyl sites for hydroxylation is 1. The Hall–Kier alpha value is -2.01. The quantitative estimate of drug-likeness (QED) is 0.923. The van der Waals surface area contributed by atoms with Gasteiger partial charge in [-0.1, -0.05) is 23.7 Å². The van der Waals surface area contributed by atoms with Crippen LogP contribution in [0.25, 0.3) is 0 Å². The molecular weight excluding hydrogens is 288 g/mol. The molecule has 1 fully saturated rings. The predicted molar refractivity (Wildman–Crippen MR) is 85.5 cm³/mol. The second kappa shape index (κ2) is 5.77. The van der Waals surface area contributed by atoms with Crippen molar-refractivity contribution in [3.8, 4) is 0 Å². The van der Waals surface area contributed by atoms with Crippen LogP contribution in [0.3, 0.4) is 0 Å². The van der Waals surface area contributed by atoms with Crippen LogP contribution in [0.2, 0.25) is 5.02 Å². The molecule has 1 saturated heterocycles. The van der Waals surface area contributed by atoms with Crippen molar-refractivity contribution < 1.29 is 0 Å². The van der Waals surface area contributed by atoms with Gasteiger partial charge in [0.25, 0.3) is 5.56 Å². The third-order valence-electron chi connectivity index (χ3n) is 3.64. The van der Waals surface area contributed by atoms with Crippen molar-refractivity contribution in [3.63, 3.8) is 0 Å². The summed E-state index contributed by atoms with van der Waals surface area (Å²) in [4.78, 5) is 23.0. The van der Waals surface area contributed by atoms with Crippen LogP contribution >= 0.6 is 11.6 Å². The molecule has 0 unspecified atom stereocenters. The lowest BCUT2D eigenvalue weighted by molar-refractivity contribution is 0.645. The lowest BCUT2D eigenvalue weighted by Gasteiger charge is -2.37. The van der Waals surface area contributed by atoms with E-state index in [0.29, 0.717) is 5.82 Å². The number of anilines is 2. The summed E-state index contributed by atoms with van der Waals surface area (Å²) in [7, 11) is 0. The molecule has 6 heteroatoms. The molecule has 0 bridgehead atoms. The third-order valence-corrected chi connectivity index (χ3v) is 3.96. The molecule has 0 radical (unpaired) electrons. The van der Waals surface area contributed by atoms with E-state index in [1.807, 2.05) is 24.3 Å². The van der Waals surface area contributed by atoms with E-state index < -0.39 is 0 Å². The number of hydrogen-bond acceptors (Lipinski definition) is 4. The Morgan fingerprint density at radius 1 is 1.14 bits per heavy atom. The highest BCUT2D eigenvalue weighted by Crippen LogP contribution is 2.26. The molecule has 2 aromatic rings. The summed E-state index contributed by atoms with van der Waals surface area (Å²) in [6, 6.07) is 9.43. The summed E-state index contributed by atoms with van der Waals surface area (Å²) in [5.74, 6) is 1.39. The Labute approximate surface area is 128 Å². The summed E-state index contributed by atoms with van der Waals surface area (Å²) in [5, 5.41) is 0.774. The standard InChI is InChI=1S/C15H17ClN4O/c1-11-17-14(10-15(21)18-11)20-8-6-19(7-9-20)13-5-3-2-4-12(13)16/h2-5,10H,6-9H2,1H3,(H,17,18,21). The SMILES string of the molecule is Cc1nc(N2CCN(c3ccccc3Cl)CC2)cc(=O)[nH]1. The predicted octanol–water partition coefficient (Wildman–Crippen LogP) is 2.06. The molecule has 1 aromatic heterocycles. The fourth-order valence-corrected chi connectivity index (χ4v) is 2.87. The molecule has 1 aliphatic heterocycles. The van der Waals surface area contributed by atoms with E-state index in [2.05, 4.69) is 19.8 Å². The summed E-state index contributed by atoms with van der Waals surface area (Å²) in [6.07, 6.45) is 0. The first-order valence-electron chi connectivity index (χ1n) is 6.96. The van der Waals surface area contributed by atoms with Crippen LogP contribution in [0, 0.1) is 6.92 Å². The molecule has 3 rings (SSSR count). The van der Waals surface area contributed by atoms with Crippen molar-refractivity contribution in [3.05, 3.63) is 51.5 Å². The van der Waals surface area contributed by atoms with E-state index in [0.717, 1.165) is 42.7 Å². The number of aromatic nitrogens is 2. The first-order valence-corrected chi connectivity index (χ1v) is 7.34. The minimum Gasteiger partial charge on any atom is -0.367 e. The number of aromatic amines is 1. The lowest BCUT2D eigenvalue weighted by atomic mass is 10.2. The second-order valence-corrected chi connectivity index (χ2v) is 5.52. The molecule has 5 nitrogen and oxygen atoms in total. The first-order chi connectivity index (χ1) is 10.1. The number of hydrogen-bond donors (Lipinski definition) is 1. The van der Waals surface area contributed by atoms with Crippen LogP contribution in [0.4, 0.5) is 11.5 Å². The van der Waals surface area contributed by atoms with Crippen molar-refractivity contribution in [2.45, 2.75) is 6.92 Å². The Kier molecular flexibility index (Phi) is 3.84. The highest BCUT2D eigenvalue weighted by molar-refractivity contribution is 6.33. The Balaban J connectivity index is 1.73. The van der Waals surface area contributed by atoms with Crippen LogP contribution in [-0.4, -0.2) is 36.1 Å². The van der Waals surface area contributed by atoms with Gasteiger partial charge in [0.05, 0.1) is 10.7 Å². The monoisotopic (exact) mass is 304 g/mol. The Bertz CT molecular complexity index is 692. The number of nitrogens with one attached hydrogen (secondary N) is 1. The molecule has 0 saturated carbocycles. The maximum absolute atomic E-state index is 11.5. The van der Waals surface area contributed by atoms with Crippen molar-refractivity contribution in [1.29, 1.82) is 0 Å². The Morgan fingerprint density at radius 3 is 2.48 bits per heavy atom. The van der Waals surface area contributed by atoms with Crippen molar-refractivity contribution in [2.24, 2.45) is 0 Å². The first kappa shape index (κ1) is 13.9. The fourth-order valence-electron chi connectivity index (χ4n) is 2.61. The molecule has 0 amide bonds. The second-order valence-electron chi connectivity index (χ2n) is 5.11. The fraction of sp³-hybridized carbons (Fsp3) is 0.333. The number of benzene rings is 1. The van der Waals surface area contributed by atoms with Gasteiger partial charge in [-0.15, -0.1) is 0 Å². The van der Waals surface area contributed by atoms with Gasteiger partial charge in [0.2, 0.25) is 0 Å². The van der Waals surface area contributed by atoms with Crippen molar-refractivity contribution in [2.75, 3.05) is 36.0 Å². The topological polar surface area (TPSA) is 52.2 Å². The average Bonchev–Trinajstić information content (AvgIpc) is 2.47. The normalized spacial score (nSPS) is 15.3. The number of nitrogens with zero attached hydrogens (tertiary/aromatic N) is 3. The van der Waals surface area contributed by atoms with Crippen molar-refractivity contribution >= 4 is 23.1 Å². The van der Waals surface area contributed by atoms with Gasteiger partial charge in [-0.25, -0.2) is 4.98 Å². The van der Waals surface area contributed by atoms with E-state index in [1.54, 1.807) is 13.0 Å². The van der Waals surface area contributed by atoms with Crippen LogP contribution < -0.4 is 15.4 Å². The van der Waals surface area contributed by atoms with Crippen LogP contribution in [-0.2, 0) is 0 Å². The molecule has 110 valence electrons. The summed E-state index contributed by atoms with van der Waals surface area (Å²) in [5.41, 5.74) is 0.958. The molecule has 0 aliphatic carbocycles. The van der Waals surface area contributed by atoms with E-state index in [-0.39, 0.29) is 5.56 Å². The third kappa shape index (κ3) is 3.03. The average molecular weight is 305 g/mol. The number of halogens is 1. The van der Waals surface area contributed by atoms with Crippen LogP contribution in [0.1, 0.15) is 5.82 Å². The van der Waals surface area contributed by atoms with Gasteiger partial charge in [0.15, 0.2) is 0 Å². The summed E-state index contributed by atoms with van der Waals surface area (Å²) >= 11 is 6.24. The number of rotatable bonds is 2. The van der Waals surface area contributed by atoms with Gasteiger partial charge >= 0.3 is 0 Å². The number of H-pyrrole nitrogens is 1. The largest absolute Gasteiger partial charge is 0.367 e. The molecule has 2 heterocycles. The van der Waals surface area contributed by atoms with Gasteiger partial charge in [0, 0.05) is 32.2 Å². The zero-order valence-electron chi connectivity index (χ0n) is 11.8. The zero-order valence-corrected chi connectivity index (χ0v) is 12.6. The number of para-hydroxylation sites is 1. The Morgan fingerprint density at radius 2 is 1.81 bits per heavy atom. The molecule has 1 aliphatic rings. The highest BCUT2D eigenvalue weighted by atomic mass is 35.5. The van der Waals surface area contributed by atoms with E-state index in [1.165, 1.54) is 0 Å². The van der Waals surface area contributed by atoms with Gasteiger partial charge in [0.1, 0.15) is 11.6 Å². The summed E-state index contributed by atoms with van der Waals surface area (Å²) < 4.78 is 0. The number of piperazine rings is 1. The minimum absolute atomic E-state index is 0.106. The maximum atomic E-state index is 11.5. The van der Waals surface area contributed by atoms with Crippen LogP contribution in [0.5, 0.6) is 0 Å². The molecular formula is C15H17ClN4O. The maximum Gasteiger partial charge on any atom is 0.252 e. The van der Waals surface area contributed by atoms with Gasteiger partial charge < -0.3 is 14.8 Å². The smallest absolute Gasteiger partial charge is 0.252 e. The van der Waals surface area contributed by atoms with E-state index in [4.69, 9.17) is 11.6 Å². The highest BCUT2D eigenvalue weighted by Gasteiger charge is 2.20. The van der Waals surface area contributed by atoms with E-state index in [9.17, 15) is 4.79 Å². The van der Waals surface area contributed by atoms with Crippen molar-refractivity contribution in [1.82, 2.24) is 9.97 Å².